The number of nitrogens with zero attached hydrogens (tertiary/aromatic N) is 2. The van der Waals surface area contributed by atoms with E-state index >= 15 is 0 Å². The summed E-state index contributed by atoms with van der Waals surface area (Å²) in [5, 5.41) is 15.0. The number of esters is 1. The maximum atomic E-state index is 12.4. The number of amides is 1. The number of ether oxygens (including phenoxy) is 1. The SMILES string of the molecule is CCOC(=O)C(C)=CNC(=O)Cc1ccc(O)c(-c2ccc3ccc4cccnc4c3n2)c1. The summed E-state index contributed by atoms with van der Waals surface area (Å²) in [4.78, 5) is 33.2. The lowest BCUT2D eigenvalue weighted by atomic mass is 10.0. The van der Waals surface area contributed by atoms with Crippen molar-refractivity contribution in [2.45, 2.75) is 20.3 Å². The van der Waals surface area contributed by atoms with Gasteiger partial charge in [-0.15, -0.1) is 0 Å². The summed E-state index contributed by atoms with van der Waals surface area (Å²) in [6.45, 7) is 3.55. The molecule has 0 aliphatic carbocycles. The molecule has 0 saturated carbocycles. The van der Waals surface area contributed by atoms with Crippen LogP contribution in [0.4, 0.5) is 0 Å². The van der Waals surface area contributed by atoms with E-state index in [4.69, 9.17) is 9.72 Å². The molecule has 2 N–H and O–H groups in total. The van der Waals surface area contributed by atoms with Gasteiger partial charge < -0.3 is 15.2 Å². The number of phenols is 1. The van der Waals surface area contributed by atoms with Crippen LogP contribution < -0.4 is 5.32 Å². The lowest BCUT2D eigenvalue weighted by molar-refractivity contribution is -0.138. The summed E-state index contributed by atoms with van der Waals surface area (Å²) in [5.74, 6) is -0.705. The van der Waals surface area contributed by atoms with Crippen molar-refractivity contribution in [1.29, 1.82) is 0 Å². The molecule has 4 rings (SSSR count). The first kappa shape index (κ1) is 22.0. The van der Waals surface area contributed by atoms with E-state index in [0.717, 1.165) is 21.8 Å². The zero-order valence-electron chi connectivity index (χ0n) is 18.3. The van der Waals surface area contributed by atoms with Gasteiger partial charge in [-0.25, -0.2) is 9.78 Å². The van der Waals surface area contributed by atoms with Gasteiger partial charge in [-0.1, -0.05) is 30.3 Å². The Balaban J connectivity index is 1.60. The van der Waals surface area contributed by atoms with Gasteiger partial charge in [0.2, 0.25) is 5.91 Å². The molecule has 0 atom stereocenters. The van der Waals surface area contributed by atoms with Gasteiger partial charge in [0.1, 0.15) is 5.75 Å². The van der Waals surface area contributed by atoms with Crippen LogP contribution in [0.25, 0.3) is 33.1 Å². The number of hydrogen-bond donors (Lipinski definition) is 2. The minimum absolute atomic E-state index is 0.0669. The van der Waals surface area contributed by atoms with Crippen LogP contribution in [-0.2, 0) is 20.7 Å². The Labute approximate surface area is 190 Å². The molecule has 33 heavy (non-hydrogen) atoms. The Morgan fingerprint density at radius 1 is 1.06 bits per heavy atom. The third kappa shape index (κ3) is 4.82. The maximum Gasteiger partial charge on any atom is 0.335 e. The van der Waals surface area contributed by atoms with Crippen molar-refractivity contribution in [3.05, 3.63) is 78.1 Å². The Bertz CT molecular complexity index is 1400. The summed E-state index contributed by atoms with van der Waals surface area (Å²) in [6.07, 6.45) is 3.13. The predicted octanol–water partition coefficient (Wildman–Crippen LogP) is 4.28. The highest BCUT2D eigenvalue weighted by Gasteiger charge is 2.12. The molecule has 2 aromatic carbocycles. The number of nitrogens with one attached hydrogen (secondary N) is 1. The molecule has 7 nitrogen and oxygen atoms in total. The number of phenolic OH excluding ortho intramolecular Hbond substituents is 1. The fourth-order valence-electron chi connectivity index (χ4n) is 3.50. The molecular formula is C26H23N3O4. The van der Waals surface area contributed by atoms with Gasteiger partial charge in [0.05, 0.1) is 35.3 Å². The van der Waals surface area contributed by atoms with Gasteiger partial charge in [-0.05, 0) is 43.7 Å². The Morgan fingerprint density at radius 2 is 1.82 bits per heavy atom. The topological polar surface area (TPSA) is 101 Å². The molecule has 0 bridgehead atoms. The summed E-state index contributed by atoms with van der Waals surface area (Å²) >= 11 is 0. The average Bonchev–Trinajstić information content (AvgIpc) is 2.83. The van der Waals surface area contributed by atoms with Crippen LogP contribution in [0.3, 0.4) is 0 Å². The molecule has 2 aromatic heterocycles. The molecule has 0 fully saturated rings. The molecule has 166 valence electrons. The second-order valence-electron chi connectivity index (χ2n) is 7.55. The fourth-order valence-corrected chi connectivity index (χ4v) is 3.50. The van der Waals surface area contributed by atoms with Gasteiger partial charge in [-0.2, -0.15) is 0 Å². The number of aromatic nitrogens is 2. The summed E-state index contributed by atoms with van der Waals surface area (Å²) in [7, 11) is 0. The number of benzene rings is 2. The Kier molecular flexibility index (Phi) is 6.31. The minimum Gasteiger partial charge on any atom is -0.507 e. The van der Waals surface area contributed by atoms with Crippen LogP contribution in [0.5, 0.6) is 5.75 Å². The van der Waals surface area contributed by atoms with Crippen molar-refractivity contribution in [2.75, 3.05) is 6.61 Å². The van der Waals surface area contributed by atoms with Crippen molar-refractivity contribution in [3.63, 3.8) is 0 Å². The number of hydrogen-bond acceptors (Lipinski definition) is 6. The summed E-state index contributed by atoms with van der Waals surface area (Å²) in [6, 6.07) is 16.6. The molecule has 1 amide bonds. The lowest BCUT2D eigenvalue weighted by Crippen LogP contribution is -2.21. The van der Waals surface area contributed by atoms with E-state index in [-0.39, 0.29) is 24.7 Å². The molecule has 0 unspecified atom stereocenters. The third-order valence-corrected chi connectivity index (χ3v) is 5.18. The maximum absolute atomic E-state index is 12.4. The molecule has 2 heterocycles. The van der Waals surface area contributed by atoms with Crippen molar-refractivity contribution in [2.24, 2.45) is 0 Å². The van der Waals surface area contributed by atoms with E-state index in [1.54, 1.807) is 38.2 Å². The molecule has 0 saturated heterocycles. The molecule has 4 aromatic rings. The monoisotopic (exact) mass is 441 g/mol. The zero-order chi connectivity index (χ0) is 23.4. The average molecular weight is 441 g/mol. The standard InChI is InChI=1S/C26H23N3O4/c1-3-33-26(32)16(2)15-28-23(31)14-17-6-11-22(30)20(13-17)21-10-9-19-8-7-18-5-4-12-27-24(18)25(19)29-21/h4-13,15,30H,3,14H2,1-2H3,(H,28,31). The number of carbonyl (C=O) groups excluding carboxylic acids is 2. The number of aromatic hydroxyl groups is 1. The van der Waals surface area contributed by atoms with Crippen LogP contribution in [0.1, 0.15) is 19.4 Å². The Morgan fingerprint density at radius 3 is 2.61 bits per heavy atom. The minimum atomic E-state index is -0.478. The molecule has 0 radical (unpaired) electrons. The summed E-state index contributed by atoms with van der Waals surface area (Å²) in [5.41, 5.74) is 3.63. The van der Waals surface area contributed by atoms with Crippen molar-refractivity contribution in [3.8, 4) is 17.0 Å². The van der Waals surface area contributed by atoms with Crippen molar-refractivity contribution >= 4 is 33.7 Å². The van der Waals surface area contributed by atoms with Gasteiger partial charge in [0.25, 0.3) is 0 Å². The van der Waals surface area contributed by atoms with Crippen LogP contribution in [0.15, 0.2) is 72.6 Å². The van der Waals surface area contributed by atoms with Gasteiger partial charge >= 0.3 is 5.97 Å². The first-order valence-corrected chi connectivity index (χ1v) is 10.6. The van der Waals surface area contributed by atoms with Crippen molar-refractivity contribution in [1.82, 2.24) is 15.3 Å². The molecule has 0 aliphatic rings. The first-order valence-electron chi connectivity index (χ1n) is 10.6. The van der Waals surface area contributed by atoms with E-state index in [9.17, 15) is 14.7 Å². The quantitative estimate of drug-likeness (QED) is 0.263. The number of fused-ring (bicyclic) bond motifs is 3. The molecule has 7 heteroatoms. The van der Waals surface area contributed by atoms with Crippen LogP contribution in [-0.4, -0.2) is 33.6 Å². The van der Waals surface area contributed by atoms with Crippen LogP contribution >= 0.6 is 0 Å². The van der Waals surface area contributed by atoms with Gasteiger partial charge in [0.15, 0.2) is 0 Å². The highest BCUT2D eigenvalue weighted by molar-refractivity contribution is 6.03. The number of carbonyl (C=O) groups is 2. The normalized spacial score (nSPS) is 11.5. The highest BCUT2D eigenvalue weighted by Crippen LogP contribution is 2.31. The fraction of sp³-hybridized carbons (Fsp3) is 0.154. The van der Waals surface area contributed by atoms with E-state index in [0.29, 0.717) is 22.4 Å². The summed E-state index contributed by atoms with van der Waals surface area (Å²) < 4.78 is 4.89. The second kappa shape index (κ2) is 9.48. The smallest absolute Gasteiger partial charge is 0.335 e. The predicted molar refractivity (Wildman–Crippen MR) is 126 cm³/mol. The molecular weight excluding hydrogens is 418 g/mol. The highest BCUT2D eigenvalue weighted by atomic mass is 16.5. The zero-order valence-corrected chi connectivity index (χ0v) is 18.3. The number of rotatable bonds is 6. The van der Waals surface area contributed by atoms with Crippen LogP contribution in [0.2, 0.25) is 0 Å². The lowest BCUT2D eigenvalue weighted by Gasteiger charge is -2.10. The molecule has 0 aliphatic heterocycles. The largest absolute Gasteiger partial charge is 0.507 e. The van der Waals surface area contributed by atoms with E-state index < -0.39 is 5.97 Å². The van der Waals surface area contributed by atoms with E-state index in [1.165, 1.54) is 6.20 Å². The number of pyridine rings is 2. The second-order valence-corrected chi connectivity index (χ2v) is 7.55. The van der Waals surface area contributed by atoms with Crippen molar-refractivity contribution < 1.29 is 19.4 Å². The van der Waals surface area contributed by atoms with Gasteiger partial charge in [0, 0.05) is 28.7 Å². The van der Waals surface area contributed by atoms with Gasteiger partial charge in [-0.3, -0.25) is 9.78 Å². The van der Waals surface area contributed by atoms with Crippen LogP contribution in [0, 0.1) is 0 Å². The molecule has 0 spiro atoms. The van der Waals surface area contributed by atoms with E-state index in [1.807, 2.05) is 36.4 Å². The third-order valence-electron chi connectivity index (χ3n) is 5.18. The van der Waals surface area contributed by atoms with E-state index in [2.05, 4.69) is 10.3 Å². The Hall–Kier alpha value is -4.26. The first-order chi connectivity index (χ1) is 16.0.